The fourth-order valence-electron chi connectivity index (χ4n) is 1.31. The van der Waals surface area contributed by atoms with Crippen LogP contribution < -0.4 is 5.32 Å². The standard InChI is InChI=1S/C13H17Cl2N/c1-3-8-16-10(2)4-5-11-6-7-12(14)13(15)9-11/h4-7,9-10,16H,3,8H2,1-2H3/b5-4+. The summed E-state index contributed by atoms with van der Waals surface area (Å²) in [5.74, 6) is 0. The van der Waals surface area contributed by atoms with Crippen LogP contribution in [0.15, 0.2) is 24.3 Å². The third-order valence-electron chi connectivity index (χ3n) is 2.24. The van der Waals surface area contributed by atoms with Gasteiger partial charge in [0, 0.05) is 6.04 Å². The fraction of sp³-hybridized carbons (Fsp3) is 0.385. The van der Waals surface area contributed by atoms with E-state index < -0.39 is 0 Å². The maximum atomic E-state index is 5.93. The molecule has 0 saturated carbocycles. The molecule has 0 spiro atoms. The molecule has 0 saturated heterocycles. The summed E-state index contributed by atoms with van der Waals surface area (Å²) in [5.41, 5.74) is 1.07. The lowest BCUT2D eigenvalue weighted by atomic mass is 10.2. The molecule has 0 fully saturated rings. The van der Waals surface area contributed by atoms with E-state index in [-0.39, 0.29) is 0 Å². The molecule has 0 radical (unpaired) electrons. The minimum Gasteiger partial charge on any atom is -0.311 e. The van der Waals surface area contributed by atoms with Gasteiger partial charge in [0.05, 0.1) is 10.0 Å². The van der Waals surface area contributed by atoms with Crippen molar-refractivity contribution in [3.8, 4) is 0 Å². The molecule has 16 heavy (non-hydrogen) atoms. The van der Waals surface area contributed by atoms with E-state index in [1.807, 2.05) is 18.2 Å². The van der Waals surface area contributed by atoms with E-state index in [9.17, 15) is 0 Å². The first-order valence-electron chi connectivity index (χ1n) is 5.50. The number of hydrogen-bond acceptors (Lipinski definition) is 1. The first-order chi connectivity index (χ1) is 7.63. The van der Waals surface area contributed by atoms with Crippen LogP contribution >= 0.6 is 23.2 Å². The Bertz CT molecular complexity index is 361. The maximum absolute atomic E-state index is 5.93. The average molecular weight is 258 g/mol. The molecular formula is C13H17Cl2N. The Labute approximate surface area is 107 Å². The zero-order valence-corrected chi connectivity index (χ0v) is 11.1. The number of hydrogen-bond donors (Lipinski definition) is 1. The third-order valence-corrected chi connectivity index (χ3v) is 2.98. The van der Waals surface area contributed by atoms with Crippen molar-refractivity contribution in [2.75, 3.05) is 6.54 Å². The van der Waals surface area contributed by atoms with Crippen LogP contribution in [0.4, 0.5) is 0 Å². The molecule has 0 aliphatic carbocycles. The Morgan fingerprint density at radius 3 is 2.69 bits per heavy atom. The minimum absolute atomic E-state index is 0.370. The molecule has 0 aromatic heterocycles. The van der Waals surface area contributed by atoms with Crippen LogP contribution in [0.25, 0.3) is 6.08 Å². The van der Waals surface area contributed by atoms with Crippen molar-refractivity contribution in [2.24, 2.45) is 0 Å². The van der Waals surface area contributed by atoms with Gasteiger partial charge in [-0.1, -0.05) is 48.3 Å². The first-order valence-corrected chi connectivity index (χ1v) is 6.25. The number of nitrogens with one attached hydrogen (secondary N) is 1. The van der Waals surface area contributed by atoms with Crippen LogP contribution in [0.1, 0.15) is 25.8 Å². The van der Waals surface area contributed by atoms with Crippen LogP contribution in [0, 0.1) is 0 Å². The topological polar surface area (TPSA) is 12.0 Å². The summed E-state index contributed by atoms with van der Waals surface area (Å²) in [6.07, 6.45) is 5.32. The van der Waals surface area contributed by atoms with Gasteiger partial charge in [-0.05, 0) is 37.6 Å². The van der Waals surface area contributed by atoms with E-state index >= 15 is 0 Å². The summed E-state index contributed by atoms with van der Waals surface area (Å²) in [6.45, 7) is 5.32. The van der Waals surface area contributed by atoms with Gasteiger partial charge >= 0.3 is 0 Å². The molecule has 1 atom stereocenters. The smallest absolute Gasteiger partial charge is 0.0598 e. The maximum Gasteiger partial charge on any atom is 0.0598 e. The average Bonchev–Trinajstić information content (AvgIpc) is 2.28. The monoisotopic (exact) mass is 257 g/mol. The zero-order valence-electron chi connectivity index (χ0n) is 9.63. The van der Waals surface area contributed by atoms with E-state index in [4.69, 9.17) is 23.2 Å². The van der Waals surface area contributed by atoms with E-state index in [1.165, 1.54) is 0 Å². The third kappa shape index (κ3) is 4.56. The van der Waals surface area contributed by atoms with Gasteiger partial charge in [0.1, 0.15) is 0 Å². The molecule has 0 aliphatic heterocycles. The van der Waals surface area contributed by atoms with Gasteiger partial charge in [0.2, 0.25) is 0 Å². The molecule has 1 aromatic carbocycles. The summed E-state index contributed by atoms with van der Waals surface area (Å²) < 4.78 is 0. The lowest BCUT2D eigenvalue weighted by molar-refractivity contribution is 0.625. The predicted molar refractivity (Wildman–Crippen MR) is 73.3 cm³/mol. The second-order valence-electron chi connectivity index (χ2n) is 3.78. The van der Waals surface area contributed by atoms with Crippen molar-refractivity contribution in [1.82, 2.24) is 5.32 Å². The van der Waals surface area contributed by atoms with Gasteiger partial charge in [-0.3, -0.25) is 0 Å². The molecule has 0 aliphatic rings. The molecule has 3 heteroatoms. The van der Waals surface area contributed by atoms with E-state index in [0.29, 0.717) is 16.1 Å². The second-order valence-corrected chi connectivity index (χ2v) is 4.59. The summed E-state index contributed by atoms with van der Waals surface area (Å²) in [4.78, 5) is 0. The van der Waals surface area contributed by atoms with Gasteiger partial charge in [-0.15, -0.1) is 0 Å². The van der Waals surface area contributed by atoms with Crippen molar-refractivity contribution in [3.63, 3.8) is 0 Å². The number of halogens is 2. The Kier molecular flexibility index (Phi) is 5.89. The SMILES string of the molecule is CCCNC(C)/C=C/c1ccc(Cl)c(Cl)c1. The lowest BCUT2D eigenvalue weighted by Crippen LogP contribution is -2.24. The Morgan fingerprint density at radius 1 is 1.31 bits per heavy atom. The van der Waals surface area contributed by atoms with Crippen LogP contribution in [0.3, 0.4) is 0 Å². The molecule has 0 heterocycles. The van der Waals surface area contributed by atoms with Gasteiger partial charge in [-0.25, -0.2) is 0 Å². The number of benzene rings is 1. The van der Waals surface area contributed by atoms with Crippen molar-refractivity contribution in [2.45, 2.75) is 26.3 Å². The molecule has 1 aromatic rings. The lowest BCUT2D eigenvalue weighted by Gasteiger charge is -2.07. The fourth-order valence-corrected chi connectivity index (χ4v) is 1.62. The highest BCUT2D eigenvalue weighted by atomic mass is 35.5. The van der Waals surface area contributed by atoms with Crippen molar-refractivity contribution in [3.05, 3.63) is 39.9 Å². The Balaban J connectivity index is 2.58. The minimum atomic E-state index is 0.370. The molecule has 1 N–H and O–H groups in total. The highest BCUT2D eigenvalue weighted by Gasteiger charge is 1.98. The second kappa shape index (κ2) is 6.95. The molecule has 1 unspecified atom stereocenters. The molecule has 1 nitrogen and oxygen atoms in total. The molecule has 1 rings (SSSR count). The normalized spacial score (nSPS) is 13.2. The molecule has 0 amide bonds. The van der Waals surface area contributed by atoms with E-state index in [1.54, 1.807) is 0 Å². The summed E-state index contributed by atoms with van der Waals surface area (Å²) >= 11 is 11.8. The van der Waals surface area contributed by atoms with E-state index in [0.717, 1.165) is 18.5 Å². The van der Waals surface area contributed by atoms with Crippen LogP contribution in [-0.4, -0.2) is 12.6 Å². The largest absolute Gasteiger partial charge is 0.311 e. The van der Waals surface area contributed by atoms with Crippen molar-refractivity contribution >= 4 is 29.3 Å². The Morgan fingerprint density at radius 2 is 2.06 bits per heavy atom. The van der Waals surface area contributed by atoms with Gasteiger partial charge in [0.15, 0.2) is 0 Å². The summed E-state index contributed by atoms with van der Waals surface area (Å²) in [6, 6.07) is 6.01. The summed E-state index contributed by atoms with van der Waals surface area (Å²) in [5, 5.41) is 4.57. The quantitative estimate of drug-likeness (QED) is 0.825. The Hall–Kier alpha value is -0.500. The molecular weight excluding hydrogens is 241 g/mol. The summed E-state index contributed by atoms with van der Waals surface area (Å²) in [7, 11) is 0. The molecule has 0 bridgehead atoms. The molecule has 88 valence electrons. The zero-order chi connectivity index (χ0) is 12.0. The van der Waals surface area contributed by atoms with Crippen LogP contribution in [0.2, 0.25) is 10.0 Å². The van der Waals surface area contributed by atoms with Gasteiger partial charge in [0.25, 0.3) is 0 Å². The predicted octanol–water partition coefficient (Wildman–Crippen LogP) is 4.39. The van der Waals surface area contributed by atoms with Crippen LogP contribution in [-0.2, 0) is 0 Å². The van der Waals surface area contributed by atoms with E-state index in [2.05, 4.69) is 31.3 Å². The van der Waals surface area contributed by atoms with Gasteiger partial charge in [-0.2, -0.15) is 0 Å². The first kappa shape index (κ1) is 13.6. The highest BCUT2D eigenvalue weighted by molar-refractivity contribution is 6.42. The van der Waals surface area contributed by atoms with Crippen molar-refractivity contribution < 1.29 is 0 Å². The number of rotatable bonds is 5. The van der Waals surface area contributed by atoms with Crippen molar-refractivity contribution in [1.29, 1.82) is 0 Å². The van der Waals surface area contributed by atoms with Crippen LogP contribution in [0.5, 0.6) is 0 Å². The highest BCUT2D eigenvalue weighted by Crippen LogP contribution is 2.23. The van der Waals surface area contributed by atoms with Gasteiger partial charge < -0.3 is 5.32 Å².